The summed E-state index contributed by atoms with van der Waals surface area (Å²) in [7, 11) is -3.99. The SMILES string of the molecule is Cc1ccc(NC(=O)C(C)NS(=O)(=O)c2cc(Cl)ccc2Cl)c(C)c1. The number of anilines is 1. The number of carbonyl (C=O) groups is 1. The zero-order valence-electron chi connectivity index (χ0n) is 13.9. The lowest BCUT2D eigenvalue weighted by Gasteiger charge is -2.16. The molecule has 1 unspecified atom stereocenters. The molecule has 134 valence electrons. The van der Waals surface area contributed by atoms with Crippen molar-refractivity contribution < 1.29 is 13.2 Å². The molecule has 2 N–H and O–H groups in total. The largest absolute Gasteiger partial charge is 0.324 e. The normalized spacial score (nSPS) is 12.7. The van der Waals surface area contributed by atoms with Gasteiger partial charge >= 0.3 is 0 Å². The Morgan fingerprint density at radius 3 is 2.40 bits per heavy atom. The lowest BCUT2D eigenvalue weighted by atomic mass is 10.1. The molecular weight excluding hydrogens is 383 g/mol. The number of benzene rings is 2. The zero-order chi connectivity index (χ0) is 18.8. The number of amides is 1. The van der Waals surface area contributed by atoms with Crippen LogP contribution in [0.5, 0.6) is 0 Å². The van der Waals surface area contributed by atoms with E-state index in [9.17, 15) is 13.2 Å². The molecule has 2 rings (SSSR count). The van der Waals surface area contributed by atoms with Crippen molar-refractivity contribution in [1.29, 1.82) is 0 Å². The summed E-state index contributed by atoms with van der Waals surface area (Å²) in [5, 5.41) is 2.97. The van der Waals surface area contributed by atoms with Crippen LogP contribution >= 0.6 is 23.2 Å². The average molecular weight is 401 g/mol. The summed E-state index contributed by atoms with van der Waals surface area (Å²) in [6.07, 6.45) is 0. The van der Waals surface area contributed by atoms with E-state index in [1.807, 2.05) is 26.0 Å². The molecule has 0 heterocycles. The van der Waals surface area contributed by atoms with E-state index < -0.39 is 22.0 Å². The Morgan fingerprint density at radius 1 is 1.08 bits per heavy atom. The van der Waals surface area contributed by atoms with Gasteiger partial charge in [-0.2, -0.15) is 4.72 Å². The van der Waals surface area contributed by atoms with Gasteiger partial charge < -0.3 is 5.32 Å². The van der Waals surface area contributed by atoms with Gasteiger partial charge in [0.15, 0.2) is 0 Å². The molecule has 0 radical (unpaired) electrons. The number of rotatable bonds is 5. The maximum Gasteiger partial charge on any atom is 0.242 e. The third kappa shape index (κ3) is 4.95. The second-order valence-corrected chi connectivity index (χ2v) is 8.25. The van der Waals surface area contributed by atoms with Gasteiger partial charge in [-0.15, -0.1) is 0 Å². The van der Waals surface area contributed by atoms with Crippen LogP contribution in [0.1, 0.15) is 18.1 Å². The van der Waals surface area contributed by atoms with E-state index in [-0.39, 0.29) is 14.9 Å². The fraction of sp³-hybridized carbons (Fsp3) is 0.235. The predicted molar refractivity (Wildman–Crippen MR) is 101 cm³/mol. The fourth-order valence-corrected chi connectivity index (χ4v) is 4.19. The van der Waals surface area contributed by atoms with Gasteiger partial charge in [-0.05, 0) is 50.6 Å². The van der Waals surface area contributed by atoms with Crippen LogP contribution < -0.4 is 10.0 Å². The Bertz CT molecular complexity index is 914. The van der Waals surface area contributed by atoms with Gasteiger partial charge in [0, 0.05) is 10.7 Å². The minimum absolute atomic E-state index is 0.0267. The van der Waals surface area contributed by atoms with Crippen LogP contribution in [-0.4, -0.2) is 20.4 Å². The Balaban J connectivity index is 2.16. The molecule has 0 spiro atoms. The smallest absolute Gasteiger partial charge is 0.242 e. The summed E-state index contributed by atoms with van der Waals surface area (Å²) in [4.78, 5) is 12.1. The van der Waals surface area contributed by atoms with Crippen molar-refractivity contribution in [2.24, 2.45) is 0 Å². The van der Waals surface area contributed by atoms with Gasteiger partial charge in [-0.3, -0.25) is 4.79 Å². The van der Waals surface area contributed by atoms with Crippen LogP contribution in [-0.2, 0) is 14.8 Å². The van der Waals surface area contributed by atoms with Crippen LogP contribution in [0.3, 0.4) is 0 Å². The molecule has 0 fully saturated rings. The minimum Gasteiger partial charge on any atom is -0.324 e. The summed E-state index contributed by atoms with van der Waals surface area (Å²) in [6.45, 7) is 5.27. The lowest BCUT2D eigenvalue weighted by Crippen LogP contribution is -2.41. The van der Waals surface area contributed by atoms with Crippen molar-refractivity contribution in [3.63, 3.8) is 0 Å². The highest BCUT2D eigenvalue weighted by molar-refractivity contribution is 7.89. The number of hydrogen-bond acceptors (Lipinski definition) is 3. The minimum atomic E-state index is -3.99. The molecule has 5 nitrogen and oxygen atoms in total. The van der Waals surface area contributed by atoms with Crippen LogP contribution in [0, 0.1) is 13.8 Å². The maximum absolute atomic E-state index is 12.4. The first-order valence-electron chi connectivity index (χ1n) is 7.45. The topological polar surface area (TPSA) is 75.3 Å². The molecule has 2 aromatic carbocycles. The highest BCUT2D eigenvalue weighted by Gasteiger charge is 2.24. The van der Waals surface area contributed by atoms with Gasteiger partial charge in [0.25, 0.3) is 0 Å². The zero-order valence-corrected chi connectivity index (χ0v) is 16.3. The molecule has 0 aliphatic rings. The second kappa shape index (κ2) is 7.74. The molecule has 2 aromatic rings. The molecule has 0 aliphatic carbocycles. The molecule has 0 saturated carbocycles. The predicted octanol–water partition coefficient (Wildman–Crippen LogP) is 3.92. The number of hydrogen-bond donors (Lipinski definition) is 2. The van der Waals surface area contributed by atoms with E-state index >= 15 is 0 Å². The van der Waals surface area contributed by atoms with E-state index in [0.717, 1.165) is 11.1 Å². The molecule has 0 aliphatic heterocycles. The molecule has 1 amide bonds. The van der Waals surface area contributed by atoms with Gasteiger partial charge in [-0.1, -0.05) is 40.9 Å². The highest BCUT2D eigenvalue weighted by Crippen LogP contribution is 2.25. The molecular formula is C17H18Cl2N2O3S. The van der Waals surface area contributed by atoms with Crippen molar-refractivity contribution in [2.75, 3.05) is 5.32 Å². The first-order chi connectivity index (χ1) is 11.6. The van der Waals surface area contributed by atoms with E-state index in [0.29, 0.717) is 5.69 Å². The molecule has 0 aromatic heterocycles. The summed E-state index contributed by atoms with van der Waals surface area (Å²) in [5.74, 6) is -0.478. The summed E-state index contributed by atoms with van der Waals surface area (Å²) in [6, 6.07) is 8.68. The second-order valence-electron chi connectivity index (χ2n) is 5.73. The maximum atomic E-state index is 12.4. The summed E-state index contributed by atoms with van der Waals surface area (Å²) in [5.41, 5.74) is 2.59. The molecule has 8 heteroatoms. The molecule has 0 saturated heterocycles. The molecule has 0 bridgehead atoms. The third-order valence-electron chi connectivity index (χ3n) is 3.55. The molecule has 1 atom stereocenters. The third-order valence-corrected chi connectivity index (χ3v) is 5.81. The van der Waals surface area contributed by atoms with Crippen LogP contribution in [0.2, 0.25) is 10.0 Å². The fourth-order valence-electron chi connectivity index (χ4n) is 2.23. The standard InChI is InChI=1S/C17H18Cl2N2O3S/c1-10-4-7-15(11(2)8-10)20-17(22)12(3)21-25(23,24)16-9-13(18)5-6-14(16)19/h4-9,12,21H,1-3H3,(H,20,22). The quantitative estimate of drug-likeness (QED) is 0.798. The Morgan fingerprint density at radius 2 is 1.76 bits per heavy atom. The van der Waals surface area contributed by atoms with Crippen LogP contribution in [0.4, 0.5) is 5.69 Å². The van der Waals surface area contributed by atoms with Gasteiger partial charge in [-0.25, -0.2) is 8.42 Å². The van der Waals surface area contributed by atoms with Gasteiger partial charge in [0.1, 0.15) is 4.90 Å². The number of carbonyl (C=O) groups excluding carboxylic acids is 1. The highest BCUT2D eigenvalue weighted by atomic mass is 35.5. The molecule has 25 heavy (non-hydrogen) atoms. The van der Waals surface area contributed by atoms with E-state index in [1.54, 1.807) is 6.07 Å². The van der Waals surface area contributed by atoms with Gasteiger partial charge in [0.2, 0.25) is 15.9 Å². The van der Waals surface area contributed by atoms with Crippen molar-refractivity contribution in [3.05, 3.63) is 57.6 Å². The van der Waals surface area contributed by atoms with Crippen molar-refractivity contribution in [1.82, 2.24) is 4.72 Å². The summed E-state index contributed by atoms with van der Waals surface area (Å²) >= 11 is 11.8. The van der Waals surface area contributed by atoms with Crippen molar-refractivity contribution >= 4 is 44.8 Å². The number of sulfonamides is 1. The van der Waals surface area contributed by atoms with Crippen LogP contribution in [0.25, 0.3) is 0 Å². The monoisotopic (exact) mass is 400 g/mol. The number of halogens is 2. The van der Waals surface area contributed by atoms with Crippen LogP contribution in [0.15, 0.2) is 41.3 Å². The van der Waals surface area contributed by atoms with E-state index in [1.165, 1.54) is 25.1 Å². The van der Waals surface area contributed by atoms with Crippen molar-refractivity contribution in [3.8, 4) is 0 Å². The Labute approximate surface area is 157 Å². The Kier molecular flexibility index (Phi) is 6.11. The first-order valence-corrected chi connectivity index (χ1v) is 9.69. The van der Waals surface area contributed by atoms with Crippen molar-refractivity contribution in [2.45, 2.75) is 31.7 Å². The lowest BCUT2D eigenvalue weighted by molar-refractivity contribution is -0.117. The number of nitrogens with one attached hydrogen (secondary N) is 2. The van der Waals surface area contributed by atoms with E-state index in [2.05, 4.69) is 10.0 Å². The first kappa shape index (κ1) is 19.7. The van der Waals surface area contributed by atoms with Gasteiger partial charge in [0.05, 0.1) is 11.1 Å². The van der Waals surface area contributed by atoms with E-state index in [4.69, 9.17) is 23.2 Å². The Hall–Kier alpha value is -1.60. The number of aryl methyl sites for hydroxylation is 2. The summed E-state index contributed by atoms with van der Waals surface area (Å²) < 4.78 is 27.2. The average Bonchev–Trinajstić information content (AvgIpc) is 2.51.